The Balaban J connectivity index is 2.35. The molecule has 1 fully saturated rings. The molecule has 0 aromatic carbocycles. The second-order valence-electron chi connectivity index (χ2n) is 2.64. The Morgan fingerprint density at radius 3 is 2.80 bits per heavy atom. The fourth-order valence-electron chi connectivity index (χ4n) is 1.18. The number of hydrogen-bond donors (Lipinski definition) is 2. The first-order chi connectivity index (χ1) is 4.74. The number of nitrogens with two attached hydrogens (primary N) is 1. The van der Waals surface area contributed by atoms with Crippen LogP contribution in [0, 0.1) is 11.3 Å². The Hall–Kier alpha value is -0.800. The quantitative estimate of drug-likeness (QED) is 0.408. The van der Waals surface area contributed by atoms with Gasteiger partial charge in [-0.3, -0.25) is 9.80 Å². The number of likely N-dealkylation sites (tertiary alicyclic amines) is 1. The van der Waals surface area contributed by atoms with Gasteiger partial charge in [-0.25, -0.2) is 0 Å². The molecule has 0 aliphatic carbocycles. The zero-order valence-electron chi connectivity index (χ0n) is 5.81. The Bertz CT molecular complexity index is 137. The Kier molecular flexibility index (Phi) is 2.09. The van der Waals surface area contributed by atoms with Crippen molar-refractivity contribution in [2.24, 2.45) is 11.7 Å². The monoisotopic (exact) mass is 145 g/mol. The van der Waals surface area contributed by atoms with Crippen molar-refractivity contribution in [2.45, 2.75) is 6.42 Å². The molecule has 58 valence electrons. The van der Waals surface area contributed by atoms with Gasteiger partial charge in [-0.1, -0.05) is 0 Å². The van der Waals surface area contributed by atoms with Crippen molar-refractivity contribution < 1.29 is 4.39 Å². The highest BCUT2D eigenvalue weighted by molar-refractivity contribution is 5.74. The van der Waals surface area contributed by atoms with Gasteiger partial charge < -0.3 is 10.6 Å². The molecule has 1 rings (SSSR count). The summed E-state index contributed by atoms with van der Waals surface area (Å²) in [4.78, 5) is 1.70. The van der Waals surface area contributed by atoms with E-state index < -0.39 is 0 Å². The first-order valence-corrected chi connectivity index (χ1v) is 3.39. The van der Waals surface area contributed by atoms with E-state index in [0.717, 1.165) is 13.0 Å². The maximum Gasteiger partial charge on any atom is 0.188 e. The summed E-state index contributed by atoms with van der Waals surface area (Å²) >= 11 is 0. The van der Waals surface area contributed by atoms with Gasteiger partial charge in [-0.05, 0) is 6.42 Å². The Morgan fingerprint density at radius 2 is 2.50 bits per heavy atom. The van der Waals surface area contributed by atoms with Crippen LogP contribution in [0.3, 0.4) is 0 Å². The highest BCUT2D eigenvalue weighted by Crippen LogP contribution is 2.15. The van der Waals surface area contributed by atoms with Gasteiger partial charge >= 0.3 is 0 Å². The summed E-state index contributed by atoms with van der Waals surface area (Å²) in [6.45, 7) is 1.07. The molecule has 1 aliphatic rings. The van der Waals surface area contributed by atoms with Crippen molar-refractivity contribution in [3.05, 3.63) is 0 Å². The highest BCUT2D eigenvalue weighted by atomic mass is 19.1. The third-order valence-electron chi connectivity index (χ3n) is 1.84. The molecule has 4 heteroatoms. The molecule has 0 spiro atoms. The molecule has 0 aromatic rings. The number of rotatable bonds is 1. The Labute approximate surface area is 59.5 Å². The van der Waals surface area contributed by atoms with Crippen LogP contribution in [0.4, 0.5) is 4.39 Å². The minimum absolute atomic E-state index is 0.0657. The lowest BCUT2D eigenvalue weighted by Gasteiger charge is -2.14. The zero-order chi connectivity index (χ0) is 7.56. The lowest BCUT2D eigenvalue weighted by atomic mass is 10.1. The summed E-state index contributed by atoms with van der Waals surface area (Å²) in [6.07, 6.45) is 0.829. The van der Waals surface area contributed by atoms with Gasteiger partial charge in [-0.15, -0.1) is 0 Å². The van der Waals surface area contributed by atoms with E-state index in [4.69, 9.17) is 11.1 Å². The van der Waals surface area contributed by atoms with Crippen LogP contribution in [0.2, 0.25) is 0 Å². The minimum Gasteiger partial charge on any atom is -0.370 e. The van der Waals surface area contributed by atoms with E-state index in [0.29, 0.717) is 6.54 Å². The van der Waals surface area contributed by atoms with Gasteiger partial charge in [0, 0.05) is 19.0 Å². The van der Waals surface area contributed by atoms with Crippen molar-refractivity contribution in [1.82, 2.24) is 4.90 Å². The van der Waals surface area contributed by atoms with Crippen molar-refractivity contribution in [2.75, 3.05) is 19.8 Å². The van der Waals surface area contributed by atoms with Crippen LogP contribution in [0.25, 0.3) is 0 Å². The third kappa shape index (κ3) is 1.37. The van der Waals surface area contributed by atoms with Gasteiger partial charge in [0.15, 0.2) is 5.96 Å². The summed E-state index contributed by atoms with van der Waals surface area (Å²) in [6, 6.07) is 0. The molecule has 1 atom stereocenters. The van der Waals surface area contributed by atoms with E-state index >= 15 is 0 Å². The first-order valence-electron chi connectivity index (χ1n) is 3.39. The molecule has 3 N–H and O–H groups in total. The van der Waals surface area contributed by atoms with E-state index in [9.17, 15) is 4.39 Å². The molecule has 0 saturated carbocycles. The normalized spacial score (nSPS) is 25.3. The van der Waals surface area contributed by atoms with Crippen LogP contribution < -0.4 is 5.73 Å². The lowest BCUT2D eigenvalue weighted by Crippen LogP contribution is -2.34. The first kappa shape index (κ1) is 7.31. The van der Waals surface area contributed by atoms with Crippen molar-refractivity contribution in [3.8, 4) is 0 Å². The molecule has 1 saturated heterocycles. The number of halogens is 1. The van der Waals surface area contributed by atoms with Crippen LogP contribution in [0.15, 0.2) is 0 Å². The summed E-state index contributed by atoms with van der Waals surface area (Å²) in [5, 5.41) is 7.04. The summed E-state index contributed by atoms with van der Waals surface area (Å²) in [7, 11) is 0. The zero-order valence-corrected chi connectivity index (χ0v) is 5.81. The summed E-state index contributed by atoms with van der Waals surface area (Å²) < 4.78 is 12.0. The van der Waals surface area contributed by atoms with E-state index in [1.54, 1.807) is 4.90 Å². The average Bonchev–Trinajstić information content (AvgIpc) is 2.34. The van der Waals surface area contributed by atoms with Crippen LogP contribution in [0.5, 0.6) is 0 Å². The minimum atomic E-state index is -0.288. The van der Waals surface area contributed by atoms with E-state index in [2.05, 4.69) is 0 Å². The van der Waals surface area contributed by atoms with Crippen molar-refractivity contribution in [1.29, 1.82) is 5.41 Å². The topological polar surface area (TPSA) is 53.1 Å². The van der Waals surface area contributed by atoms with Crippen molar-refractivity contribution >= 4 is 5.96 Å². The summed E-state index contributed by atoms with van der Waals surface area (Å²) in [5.41, 5.74) is 5.20. The fourth-order valence-corrected chi connectivity index (χ4v) is 1.18. The molecule has 0 radical (unpaired) electrons. The smallest absolute Gasteiger partial charge is 0.188 e. The second kappa shape index (κ2) is 2.86. The van der Waals surface area contributed by atoms with E-state index in [1.165, 1.54) is 0 Å². The molecular weight excluding hydrogens is 133 g/mol. The highest BCUT2D eigenvalue weighted by Gasteiger charge is 2.22. The Morgan fingerprint density at radius 1 is 1.80 bits per heavy atom. The number of alkyl halides is 1. The lowest BCUT2D eigenvalue weighted by molar-refractivity contribution is 0.364. The number of guanidine groups is 1. The molecule has 1 aliphatic heterocycles. The number of hydrogen-bond acceptors (Lipinski definition) is 1. The van der Waals surface area contributed by atoms with E-state index in [-0.39, 0.29) is 18.6 Å². The SMILES string of the molecule is N=C(N)N1CC[C@@H](CF)C1. The predicted molar refractivity (Wildman–Crippen MR) is 37.6 cm³/mol. The van der Waals surface area contributed by atoms with Gasteiger partial charge in [0.25, 0.3) is 0 Å². The maximum absolute atomic E-state index is 12.0. The molecule has 10 heavy (non-hydrogen) atoms. The largest absolute Gasteiger partial charge is 0.370 e. The molecular formula is C6H12FN3. The average molecular weight is 145 g/mol. The van der Waals surface area contributed by atoms with Crippen LogP contribution >= 0.6 is 0 Å². The van der Waals surface area contributed by atoms with Gasteiger partial charge in [0.1, 0.15) is 0 Å². The van der Waals surface area contributed by atoms with Gasteiger partial charge in [0.2, 0.25) is 0 Å². The molecule has 1 heterocycles. The standard InChI is InChI=1S/C6H12FN3/c7-3-5-1-2-10(4-5)6(8)9/h5H,1-4H2,(H3,8,9)/t5-/m0/s1. The van der Waals surface area contributed by atoms with Gasteiger partial charge in [-0.2, -0.15) is 0 Å². The molecule has 0 bridgehead atoms. The number of nitrogens with one attached hydrogen (secondary N) is 1. The van der Waals surface area contributed by atoms with E-state index in [1.807, 2.05) is 0 Å². The van der Waals surface area contributed by atoms with Crippen molar-refractivity contribution in [3.63, 3.8) is 0 Å². The maximum atomic E-state index is 12.0. The predicted octanol–water partition coefficient (Wildman–Crippen LogP) is 0.171. The third-order valence-corrected chi connectivity index (χ3v) is 1.84. The van der Waals surface area contributed by atoms with Crippen LogP contribution in [0.1, 0.15) is 6.42 Å². The fraction of sp³-hybridized carbons (Fsp3) is 0.833. The number of nitrogens with zero attached hydrogens (tertiary/aromatic N) is 1. The van der Waals surface area contributed by atoms with Gasteiger partial charge in [0.05, 0.1) is 6.67 Å². The molecule has 0 aromatic heterocycles. The molecule has 3 nitrogen and oxygen atoms in total. The summed E-state index contributed by atoms with van der Waals surface area (Å²) in [5.74, 6) is 0.167. The molecule has 0 unspecified atom stereocenters. The molecule has 0 amide bonds. The van der Waals surface area contributed by atoms with Crippen LogP contribution in [-0.2, 0) is 0 Å². The van der Waals surface area contributed by atoms with Crippen LogP contribution in [-0.4, -0.2) is 30.6 Å². The second-order valence-corrected chi connectivity index (χ2v) is 2.64.